The monoisotopic (exact) mass is 305 g/mol. The number of halogens is 2. The standard InChI is InChI=1S/C14H9Cl2N3O/c15-11-4-1-9(2-5-11)7-13-18-14(19-20-13)10-3-6-12(16)17-8-10/h1-6,8H,7H2. The highest BCUT2D eigenvalue weighted by molar-refractivity contribution is 6.30. The molecule has 4 nitrogen and oxygen atoms in total. The Morgan fingerprint density at radius 3 is 2.50 bits per heavy atom. The molecule has 0 saturated heterocycles. The molecule has 3 rings (SSSR count). The van der Waals surface area contributed by atoms with Crippen LogP contribution in [0.3, 0.4) is 0 Å². The van der Waals surface area contributed by atoms with Crippen molar-refractivity contribution in [2.24, 2.45) is 0 Å². The molecule has 0 radical (unpaired) electrons. The average Bonchev–Trinajstić information content (AvgIpc) is 2.91. The minimum atomic E-state index is 0.429. The van der Waals surface area contributed by atoms with Crippen LogP contribution in [-0.4, -0.2) is 15.1 Å². The summed E-state index contributed by atoms with van der Waals surface area (Å²) in [4.78, 5) is 8.32. The predicted molar refractivity (Wildman–Crippen MR) is 76.8 cm³/mol. The van der Waals surface area contributed by atoms with Gasteiger partial charge in [0.05, 0.1) is 6.42 Å². The molecule has 2 aromatic heterocycles. The fraction of sp³-hybridized carbons (Fsp3) is 0.0714. The van der Waals surface area contributed by atoms with Crippen LogP contribution in [0, 0.1) is 0 Å². The van der Waals surface area contributed by atoms with Gasteiger partial charge < -0.3 is 4.52 Å². The summed E-state index contributed by atoms with van der Waals surface area (Å²) < 4.78 is 5.23. The minimum Gasteiger partial charge on any atom is -0.339 e. The van der Waals surface area contributed by atoms with E-state index in [0.29, 0.717) is 28.3 Å². The largest absolute Gasteiger partial charge is 0.339 e. The van der Waals surface area contributed by atoms with Gasteiger partial charge in [-0.2, -0.15) is 4.98 Å². The van der Waals surface area contributed by atoms with Crippen LogP contribution in [-0.2, 0) is 6.42 Å². The summed E-state index contributed by atoms with van der Waals surface area (Å²) in [6.45, 7) is 0. The van der Waals surface area contributed by atoms with E-state index in [1.54, 1.807) is 18.3 Å². The summed E-state index contributed by atoms with van der Waals surface area (Å²) in [7, 11) is 0. The van der Waals surface area contributed by atoms with Gasteiger partial charge in [0.2, 0.25) is 11.7 Å². The van der Waals surface area contributed by atoms with E-state index in [9.17, 15) is 0 Å². The summed E-state index contributed by atoms with van der Waals surface area (Å²) in [5, 5.41) is 5.06. The lowest BCUT2D eigenvalue weighted by molar-refractivity contribution is 0.385. The van der Waals surface area contributed by atoms with Crippen LogP contribution in [0.5, 0.6) is 0 Å². The lowest BCUT2D eigenvalue weighted by Gasteiger charge is -1.96. The lowest BCUT2D eigenvalue weighted by atomic mass is 10.1. The number of pyridine rings is 1. The molecule has 0 spiro atoms. The van der Waals surface area contributed by atoms with E-state index < -0.39 is 0 Å². The molecule has 0 aliphatic heterocycles. The van der Waals surface area contributed by atoms with Gasteiger partial charge in [-0.05, 0) is 29.8 Å². The molecule has 1 aromatic carbocycles. The van der Waals surface area contributed by atoms with E-state index >= 15 is 0 Å². The molecule has 100 valence electrons. The molecule has 20 heavy (non-hydrogen) atoms. The number of rotatable bonds is 3. The smallest absolute Gasteiger partial charge is 0.231 e. The molecule has 0 aliphatic carbocycles. The molecule has 0 saturated carbocycles. The number of hydrogen-bond donors (Lipinski definition) is 0. The van der Waals surface area contributed by atoms with Crippen molar-refractivity contribution in [1.82, 2.24) is 15.1 Å². The second-order valence-corrected chi connectivity index (χ2v) is 5.01. The van der Waals surface area contributed by atoms with Crippen LogP contribution in [0.4, 0.5) is 0 Å². The summed E-state index contributed by atoms with van der Waals surface area (Å²) in [5.41, 5.74) is 1.82. The fourth-order valence-corrected chi connectivity index (χ4v) is 1.97. The molecule has 0 amide bonds. The minimum absolute atomic E-state index is 0.429. The van der Waals surface area contributed by atoms with Gasteiger partial charge in [-0.15, -0.1) is 0 Å². The maximum atomic E-state index is 5.84. The van der Waals surface area contributed by atoms with Gasteiger partial charge in [0.15, 0.2) is 0 Å². The van der Waals surface area contributed by atoms with Gasteiger partial charge in [-0.1, -0.05) is 40.5 Å². The van der Waals surface area contributed by atoms with E-state index in [0.717, 1.165) is 11.1 Å². The second-order valence-electron chi connectivity index (χ2n) is 4.18. The SMILES string of the molecule is Clc1ccc(Cc2nc(-c3ccc(Cl)nc3)no2)cc1. The Bertz CT molecular complexity index is 708. The van der Waals surface area contributed by atoms with Crippen LogP contribution in [0.15, 0.2) is 47.1 Å². The second kappa shape index (κ2) is 5.61. The van der Waals surface area contributed by atoms with Crippen molar-refractivity contribution >= 4 is 23.2 Å². The van der Waals surface area contributed by atoms with Crippen molar-refractivity contribution in [1.29, 1.82) is 0 Å². The molecule has 0 unspecified atom stereocenters. The van der Waals surface area contributed by atoms with Gasteiger partial charge in [0.1, 0.15) is 5.15 Å². The van der Waals surface area contributed by atoms with Crippen LogP contribution < -0.4 is 0 Å². The van der Waals surface area contributed by atoms with E-state index in [1.165, 1.54) is 0 Å². The van der Waals surface area contributed by atoms with Crippen LogP contribution in [0.25, 0.3) is 11.4 Å². The van der Waals surface area contributed by atoms with Gasteiger partial charge in [0.25, 0.3) is 0 Å². The Labute approximate surface area is 125 Å². The Morgan fingerprint density at radius 2 is 1.80 bits per heavy atom. The maximum Gasteiger partial charge on any atom is 0.231 e. The normalized spacial score (nSPS) is 10.7. The fourth-order valence-electron chi connectivity index (χ4n) is 1.73. The van der Waals surface area contributed by atoms with Gasteiger partial charge in [0, 0.05) is 16.8 Å². The number of aromatic nitrogens is 3. The first-order chi connectivity index (χ1) is 9.70. The highest BCUT2D eigenvalue weighted by Crippen LogP contribution is 2.18. The first-order valence-electron chi connectivity index (χ1n) is 5.90. The van der Waals surface area contributed by atoms with E-state index in [4.69, 9.17) is 27.7 Å². The van der Waals surface area contributed by atoms with Crippen molar-refractivity contribution in [3.8, 4) is 11.4 Å². The van der Waals surface area contributed by atoms with Gasteiger partial charge in [-0.3, -0.25) is 0 Å². The Kier molecular flexibility index (Phi) is 3.67. The number of nitrogens with zero attached hydrogens (tertiary/aromatic N) is 3. The first-order valence-corrected chi connectivity index (χ1v) is 6.65. The van der Waals surface area contributed by atoms with Gasteiger partial charge in [-0.25, -0.2) is 4.98 Å². The molecular formula is C14H9Cl2N3O. The van der Waals surface area contributed by atoms with E-state index in [1.807, 2.05) is 24.3 Å². The van der Waals surface area contributed by atoms with E-state index in [2.05, 4.69) is 15.1 Å². The molecule has 0 fully saturated rings. The van der Waals surface area contributed by atoms with Crippen molar-refractivity contribution < 1.29 is 4.52 Å². The van der Waals surface area contributed by atoms with Crippen LogP contribution >= 0.6 is 23.2 Å². The van der Waals surface area contributed by atoms with Crippen molar-refractivity contribution in [3.05, 3.63) is 64.2 Å². The highest BCUT2D eigenvalue weighted by atomic mass is 35.5. The first kappa shape index (κ1) is 13.1. The van der Waals surface area contributed by atoms with Crippen LogP contribution in [0.2, 0.25) is 10.2 Å². The third-order valence-electron chi connectivity index (χ3n) is 2.72. The number of hydrogen-bond acceptors (Lipinski definition) is 4. The quantitative estimate of drug-likeness (QED) is 0.686. The number of benzene rings is 1. The summed E-state index contributed by atoms with van der Waals surface area (Å²) in [6, 6.07) is 11.0. The van der Waals surface area contributed by atoms with Crippen molar-refractivity contribution in [3.63, 3.8) is 0 Å². The van der Waals surface area contributed by atoms with Crippen LogP contribution in [0.1, 0.15) is 11.5 Å². The Balaban J connectivity index is 1.80. The molecular weight excluding hydrogens is 297 g/mol. The predicted octanol–water partition coefficient (Wildman–Crippen LogP) is 4.03. The maximum absolute atomic E-state index is 5.84. The Hall–Kier alpha value is -1.91. The zero-order chi connectivity index (χ0) is 13.9. The average molecular weight is 306 g/mol. The topological polar surface area (TPSA) is 51.8 Å². The summed E-state index contributed by atoms with van der Waals surface area (Å²) in [6.07, 6.45) is 2.17. The summed E-state index contributed by atoms with van der Waals surface area (Å²) >= 11 is 11.6. The molecule has 0 N–H and O–H groups in total. The lowest BCUT2D eigenvalue weighted by Crippen LogP contribution is -1.88. The molecule has 6 heteroatoms. The molecule has 2 heterocycles. The molecule has 0 atom stereocenters. The van der Waals surface area contributed by atoms with E-state index in [-0.39, 0.29) is 0 Å². The third-order valence-corrected chi connectivity index (χ3v) is 3.20. The van der Waals surface area contributed by atoms with Crippen molar-refractivity contribution in [2.45, 2.75) is 6.42 Å². The zero-order valence-corrected chi connectivity index (χ0v) is 11.8. The molecule has 3 aromatic rings. The van der Waals surface area contributed by atoms with Crippen molar-refractivity contribution in [2.75, 3.05) is 0 Å². The molecule has 0 bridgehead atoms. The van der Waals surface area contributed by atoms with Gasteiger partial charge >= 0.3 is 0 Å². The highest BCUT2D eigenvalue weighted by Gasteiger charge is 2.09. The zero-order valence-electron chi connectivity index (χ0n) is 10.3. The summed E-state index contributed by atoms with van der Waals surface area (Å²) in [5.74, 6) is 1.04. The third kappa shape index (κ3) is 2.98. The Morgan fingerprint density at radius 1 is 1.00 bits per heavy atom. The molecule has 0 aliphatic rings.